The van der Waals surface area contributed by atoms with E-state index in [2.05, 4.69) is 10.6 Å². The highest BCUT2D eigenvalue weighted by Gasteiger charge is 2.27. The average Bonchev–Trinajstić information content (AvgIpc) is 2.61. The molecule has 0 spiro atoms. The van der Waals surface area contributed by atoms with E-state index in [1.807, 2.05) is 0 Å². The van der Waals surface area contributed by atoms with Crippen molar-refractivity contribution in [2.45, 2.75) is 31.1 Å². The summed E-state index contributed by atoms with van der Waals surface area (Å²) in [5, 5.41) is 6.37. The number of halogens is 1. The normalized spacial score (nSPS) is 40.8. The smallest absolute Gasteiger partial charge is 0.128 e. The van der Waals surface area contributed by atoms with Crippen molar-refractivity contribution in [1.82, 2.24) is 10.6 Å². The minimum atomic E-state index is -0.741. The lowest BCUT2D eigenvalue weighted by molar-refractivity contribution is 0.166. The zero-order valence-electron chi connectivity index (χ0n) is 7.76. The van der Waals surface area contributed by atoms with Crippen LogP contribution in [-0.2, 0) is 4.74 Å². The molecular formula is C9H17FN2O. The Bertz CT molecular complexity index is 162. The van der Waals surface area contributed by atoms with E-state index in [9.17, 15) is 4.39 Å². The largest absolute Gasteiger partial charge is 0.380 e. The fraction of sp³-hybridized carbons (Fsp3) is 1.00. The molecule has 0 saturated carbocycles. The molecule has 2 fully saturated rings. The molecule has 0 unspecified atom stereocenters. The first-order valence-corrected chi connectivity index (χ1v) is 5.05. The Morgan fingerprint density at radius 1 is 1.38 bits per heavy atom. The third-order valence-corrected chi connectivity index (χ3v) is 2.79. The number of ether oxygens (including phenoxy) is 1. The summed E-state index contributed by atoms with van der Waals surface area (Å²) in [6.07, 6.45) is 1.17. The first-order valence-electron chi connectivity index (χ1n) is 5.05. The van der Waals surface area contributed by atoms with Gasteiger partial charge in [-0.25, -0.2) is 4.39 Å². The van der Waals surface area contributed by atoms with Gasteiger partial charge in [-0.2, -0.15) is 0 Å². The van der Waals surface area contributed by atoms with Gasteiger partial charge in [0.2, 0.25) is 0 Å². The highest BCUT2D eigenvalue weighted by molar-refractivity contribution is 4.86. The van der Waals surface area contributed by atoms with Gasteiger partial charge in [0.25, 0.3) is 0 Å². The maximum absolute atomic E-state index is 13.3. The van der Waals surface area contributed by atoms with E-state index in [1.165, 1.54) is 0 Å². The van der Waals surface area contributed by atoms with Crippen molar-refractivity contribution in [3.05, 3.63) is 0 Å². The lowest BCUT2D eigenvalue weighted by Crippen LogP contribution is -2.52. The molecule has 2 aliphatic rings. The van der Waals surface area contributed by atoms with Crippen molar-refractivity contribution >= 4 is 0 Å². The van der Waals surface area contributed by atoms with Gasteiger partial charge in [-0.3, -0.25) is 0 Å². The average molecular weight is 188 g/mol. The Kier molecular flexibility index (Phi) is 3.14. The van der Waals surface area contributed by atoms with Gasteiger partial charge in [-0.15, -0.1) is 0 Å². The third-order valence-electron chi connectivity index (χ3n) is 2.79. The zero-order chi connectivity index (χ0) is 9.10. The maximum atomic E-state index is 13.3. The quantitative estimate of drug-likeness (QED) is 0.643. The maximum Gasteiger partial charge on any atom is 0.128 e. The van der Waals surface area contributed by atoms with Crippen molar-refractivity contribution < 1.29 is 9.13 Å². The summed E-state index contributed by atoms with van der Waals surface area (Å²) < 4.78 is 18.6. The minimum absolute atomic E-state index is 0.0351. The van der Waals surface area contributed by atoms with Gasteiger partial charge in [0.05, 0.1) is 6.61 Å². The van der Waals surface area contributed by atoms with Crippen LogP contribution in [0.25, 0.3) is 0 Å². The summed E-state index contributed by atoms with van der Waals surface area (Å²) in [6.45, 7) is 2.98. The van der Waals surface area contributed by atoms with Crippen LogP contribution in [0.15, 0.2) is 0 Å². The first kappa shape index (κ1) is 9.37. The van der Waals surface area contributed by atoms with Crippen LogP contribution < -0.4 is 10.6 Å². The topological polar surface area (TPSA) is 33.3 Å². The first-order chi connectivity index (χ1) is 6.36. The molecule has 4 heteroatoms. The van der Waals surface area contributed by atoms with Crippen LogP contribution in [0.3, 0.4) is 0 Å². The molecular weight excluding hydrogens is 171 g/mol. The second-order valence-electron chi connectivity index (χ2n) is 3.84. The molecule has 2 rings (SSSR count). The Hall–Kier alpha value is -0.190. The fourth-order valence-corrected chi connectivity index (χ4v) is 1.98. The van der Waals surface area contributed by atoms with Crippen molar-refractivity contribution in [1.29, 1.82) is 0 Å². The summed E-state index contributed by atoms with van der Waals surface area (Å²) in [6, 6.07) is 0.411. The SMILES string of the molecule is F[C@H]1CNCC[C@H]1N[C@@H]1CCOC1. The molecule has 3 atom stereocenters. The van der Waals surface area contributed by atoms with E-state index in [0.717, 1.165) is 32.6 Å². The summed E-state index contributed by atoms with van der Waals surface area (Å²) in [7, 11) is 0. The van der Waals surface area contributed by atoms with Crippen LogP contribution in [0.5, 0.6) is 0 Å². The molecule has 0 aromatic carbocycles. The van der Waals surface area contributed by atoms with E-state index >= 15 is 0 Å². The summed E-state index contributed by atoms with van der Waals surface area (Å²) >= 11 is 0. The molecule has 0 aromatic heterocycles. The number of hydrogen-bond donors (Lipinski definition) is 2. The van der Waals surface area contributed by atoms with Crippen molar-refractivity contribution in [2.75, 3.05) is 26.3 Å². The standard InChI is InChI=1S/C9H17FN2O/c10-8-5-11-3-1-9(8)12-7-2-4-13-6-7/h7-9,11-12H,1-6H2/t7-,8+,9-/m1/s1. The summed E-state index contributed by atoms with van der Waals surface area (Å²) in [5.41, 5.74) is 0. The van der Waals surface area contributed by atoms with Crippen LogP contribution in [0.2, 0.25) is 0 Å². The Morgan fingerprint density at radius 3 is 3.00 bits per heavy atom. The van der Waals surface area contributed by atoms with Gasteiger partial charge >= 0.3 is 0 Å². The number of rotatable bonds is 2. The molecule has 2 heterocycles. The van der Waals surface area contributed by atoms with Gasteiger partial charge in [0.15, 0.2) is 0 Å². The molecule has 2 N–H and O–H groups in total. The van der Waals surface area contributed by atoms with Crippen LogP contribution >= 0.6 is 0 Å². The van der Waals surface area contributed by atoms with E-state index < -0.39 is 6.17 Å². The van der Waals surface area contributed by atoms with Gasteiger partial charge in [-0.1, -0.05) is 0 Å². The van der Waals surface area contributed by atoms with Crippen LogP contribution in [-0.4, -0.2) is 44.6 Å². The van der Waals surface area contributed by atoms with E-state index in [-0.39, 0.29) is 6.04 Å². The van der Waals surface area contributed by atoms with Crippen molar-refractivity contribution in [3.8, 4) is 0 Å². The second kappa shape index (κ2) is 4.35. The van der Waals surface area contributed by atoms with E-state index in [0.29, 0.717) is 12.6 Å². The predicted molar refractivity (Wildman–Crippen MR) is 48.5 cm³/mol. The van der Waals surface area contributed by atoms with Gasteiger partial charge < -0.3 is 15.4 Å². The van der Waals surface area contributed by atoms with Crippen molar-refractivity contribution in [3.63, 3.8) is 0 Å². The molecule has 76 valence electrons. The van der Waals surface area contributed by atoms with Crippen LogP contribution in [0.4, 0.5) is 4.39 Å². The second-order valence-corrected chi connectivity index (χ2v) is 3.84. The molecule has 2 aliphatic heterocycles. The molecule has 0 amide bonds. The molecule has 0 radical (unpaired) electrons. The van der Waals surface area contributed by atoms with Crippen LogP contribution in [0, 0.1) is 0 Å². The van der Waals surface area contributed by atoms with Crippen molar-refractivity contribution in [2.24, 2.45) is 0 Å². The van der Waals surface area contributed by atoms with E-state index in [1.54, 1.807) is 0 Å². The Labute approximate surface area is 78.0 Å². The monoisotopic (exact) mass is 188 g/mol. The summed E-state index contributed by atoms with van der Waals surface area (Å²) in [4.78, 5) is 0. The highest BCUT2D eigenvalue weighted by atomic mass is 19.1. The number of nitrogens with one attached hydrogen (secondary N) is 2. The van der Waals surface area contributed by atoms with Gasteiger partial charge in [0, 0.05) is 25.2 Å². The molecule has 0 aromatic rings. The Balaban J connectivity index is 1.78. The molecule has 3 nitrogen and oxygen atoms in total. The molecule has 2 saturated heterocycles. The number of piperidine rings is 1. The lowest BCUT2D eigenvalue weighted by Gasteiger charge is -2.29. The highest BCUT2D eigenvalue weighted by Crippen LogP contribution is 2.11. The Morgan fingerprint density at radius 2 is 2.31 bits per heavy atom. The summed E-state index contributed by atoms with van der Waals surface area (Å²) in [5.74, 6) is 0. The minimum Gasteiger partial charge on any atom is -0.380 e. The lowest BCUT2D eigenvalue weighted by atomic mass is 10.0. The number of alkyl halides is 1. The number of hydrogen-bond acceptors (Lipinski definition) is 3. The van der Waals surface area contributed by atoms with Gasteiger partial charge in [0.1, 0.15) is 6.17 Å². The van der Waals surface area contributed by atoms with Gasteiger partial charge in [-0.05, 0) is 19.4 Å². The third kappa shape index (κ3) is 2.39. The predicted octanol–water partition coefficient (Wildman–Crippen LogP) is 0.0649. The molecule has 13 heavy (non-hydrogen) atoms. The fourth-order valence-electron chi connectivity index (χ4n) is 1.98. The molecule has 0 bridgehead atoms. The van der Waals surface area contributed by atoms with E-state index in [4.69, 9.17) is 4.74 Å². The van der Waals surface area contributed by atoms with Crippen LogP contribution in [0.1, 0.15) is 12.8 Å². The zero-order valence-corrected chi connectivity index (χ0v) is 7.76. The molecule has 0 aliphatic carbocycles.